The number of ether oxygens (including phenoxy) is 1. The average Bonchev–Trinajstić information content (AvgIpc) is 3.02. The summed E-state index contributed by atoms with van der Waals surface area (Å²) in [6.07, 6.45) is 6.18. The van der Waals surface area contributed by atoms with Crippen LogP contribution in [0.15, 0.2) is 29.2 Å². The van der Waals surface area contributed by atoms with Crippen LogP contribution in [-0.4, -0.2) is 60.8 Å². The van der Waals surface area contributed by atoms with Gasteiger partial charge in [-0.25, -0.2) is 0 Å². The molecule has 23 heavy (non-hydrogen) atoms. The molecule has 1 aromatic carbocycles. The van der Waals surface area contributed by atoms with E-state index in [-0.39, 0.29) is 0 Å². The van der Waals surface area contributed by atoms with Gasteiger partial charge in [0.15, 0.2) is 0 Å². The normalized spacial score (nSPS) is 22.6. The van der Waals surface area contributed by atoms with E-state index in [2.05, 4.69) is 28.2 Å². The van der Waals surface area contributed by atoms with Crippen LogP contribution in [0.4, 0.5) is 0 Å². The summed E-state index contributed by atoms with van der Waals surface area (Å²) >= 11 is 1.74. The van der Waals surface area contributed by atoms with Crippen LogP contribution in [-0.2, 0) is 4.79 Å². The number of thioether (sulfide) groups is 1. The van der Waals surface area contributed by atoms with Gasteiger partial charge in [0.05, 0.1) is 0 Å². The molecule has 0 saturated carbocycles. The molecule has 0 unspecified atom stereocenters. The Hall–Kier alpha value is -1.20. The van der Waals surface area contributed by atoms with E-state index in [1.54, 1.807) is 11.8 Å². The van der Waals surface area contributed by atoms with Crippen molar-refractivity contribution in [1.82, 2.24) is 9.80 Å². The zero-order valence-corrected chi connectivity index (χ0v) is 14.7. The van der Waals surface area contributed by atoms with Crippen molar-refractivity contribution in [3.05, 3.63) is 24.3 Å². The Balaban J connectivity index is 1.43. The Morgan fingerprint density at radius 1 is 1.22 bits per heavy atom. The lowest BCUT2D eigenvalue weighted by Crippen LogP contribution is -2.49. The van der Waals surface area contributed by atoms with Crippen molar-refractivity contribution in [2.75, 3.05) is 39.0 Å². The number of hydrogen-bond donors (Lipinski definition) is 0. The first kappa shape index (κ1) is 16.7. The van der Waals surface area contributed by atoms with Crippen LogP contribution in [0.5, 0.6) is 5.75 Å². The second-order valence-corrected chi connectivity index (χ2v) is 7.19. The molecule has 126 valence electrons. The van der Waals surface area contributed by atoms with Gasteiger partial charge < -0.3 is 9.64 Å². The summed E-state index contributed by atoms with van der Waals surface area (Å²) in [7, 11) is 0. The molecule has 1 amide bonds. The molecule has 1 aromatic rings. The van der Waals surface area contributed by atoms with E-state index in [0.29, 0.717) is 18.6 Å². The molecule has 0 aromatic heterocycles. The standard InChI is InChI=1S/C18H26N2O2S/c1-23-17-8-6-16(7-9-17)22-13-12-19-10-2-4-15(14-19)20-11-3-5-18(20)21/h6-9,15H,2-5,10-14H2,1H3/t15-/m1/s1. The number of carbonyl (C=O) groups excluding carboxylic acids is 1. The fraction of sp³-hybridized carbons (Fsp3) is 0.611. The third-order valence-corrected chi connectivity index (χ3v) is 5.51. The molecule has 0 bridgehead atoms. The third-order valence-electron chi connectivity index (χ3n) is 4.77. The highest BCUT2D eigenvalue weighted by Gasteiger charge is 2.31. The Bertz CT molecular complexity index is 520. The summed E-state index contributed by atoms with van der Waals surface area (Å²) in [5.74, 6) is 1.29. The van der Waals surface area contributed by atoms with Crippen molar-refractivity contribution >= 4 is 17.7 Å². The van der Waals surface area contributed by atoms with E-state index in [9.17, 15) is 4.79 Å². The van der Waals surface area contributed by atoms with Gasteiger partial charge in [0.2, 0.25) is 5.91 Å². The highest BCUT2D eigenvalue weighted by Crippen LogP contribution is 2.22. The van der Waals surface area contributed by atoms with Gasteiger partial charge in [0.25, 0.3) is 0 Å². The first-order valence-electron chi connectivity index (χ1n) is 8.55. The molecule has 4 nitrogen and oxygen atoms in total. The van der Waals surface area contributed by atoms with Crippen LogP contribution in [0, 0.1) is 0 Å². The van der Waals surface area contributed by atoms with Gasteiger partial charge in [-0.2, -0.15) is 0 Å². The summed E-state index contributed by atoms with van der Waals surface area (Å²) in [6.45, 7) is 4.71. The molecule has 0 radical (unpaired) electrons. The maximum Gasteiger partial charge on any atom is 0.222 e. The maximum absolute atomic E-state index is 11.9. The largest absolute Gasteiger partial charge is 0.492 e. The highest BCUT2D eigenvalue weighted by atomic mass is 32.2. The summed E-state index contributed by atoms with van der Waals surface area (Å²) in [4.78, 5) is 17.7. The molecule has 0 aliphatic carbocycles. The number of amides is 1. The lowest BCUT2D eigenvalue weighted by atomic mass is 10.0. The molecule has 0 spiro atoms. The predicted molar refractivity (Wildman–Crippen MR) is 94.1 cm³/mol. The third kappa shape index (κ3) is 4.42. The smallest absolute Gasteiger partial charge is 0.222 e. The van der Waals surface area contributed by atoms with Gasteiger partial charge in [-0.3, -0.25) is 9.69 Å². The van der Waals surface area contributed by atoms with Crippen LogP contribution in [0.2, 0.25) is 0 Å². The molecular weight excluding hydrogens is 308 g/mol. The van der Waals surface area contributed by atoms with E-state index in [1.807, 2.05) is 12.1 Å². The molecule has 2 saturated heterocycles. The number of nitrogens with zero attached hydrogens (tertiary/aromatic N) is 2. The molecule has 2 aliphatic rings. The Kier molecular flexibility index (Phi) is 5.84. The maximum atomic E-state index is 11.9. The zero-order valence-electron chi connectivity index (χ0n) is 13.9. The quantitative estimate of drug-likeness (QED) is 0.749. The molecule has 3 rings (SSSR count). The molecule has 2 aliphatic heterocycles. The first-order chi connectivity index (χ1) is 11.3. The number of piperidine rings is 1. The average molecular weight is 334 g/mol. The van der Waals surface area contributed by atoms with E-state index in [1.165, 1.54) is 11.3 Å². The number of benzene rings is 1. The minimum Gasteiger partial charge on any atom is -0.492 e. The predicted octanol–water partition coefficient (Wildman–Crippen LogP) is 2.87. The monoisotopic (exact) mass is 334 g/mol. The molecule has 0 N–H and O–H groups in total. The van der Waals surface area contributed by atoms with E-state index < -0.39 is 0 Å². The van der Waals surface area contributed by atoms with Crippen molar-refractivity contribution in [3.63, 3.8) is 0 Å². The van der Waals surface area contributed by atoms with Crippen molar-refractivity contribution in [2.45, 2.75) is 36.6 Å². The Labute approximate surface area is 143 Å². The number of rotatable bonds is 6. The van der Waals surface area contributed by atoms with Gasteiger partial charge in [0, 0.05) is 37.0 Å². The van der Waals surface area contributed by atoms with Gasteiger partial charge in [-0.05, 0) is 56.3 Å². The number of carbonyl (C=O) groups is 1. The molecule has 2 fully saturated rings. The van der Waals surface area contributed by atoms with Crippen molar-refractivity contribution in [2.24, 2.45) is 0 Å². The lowest BCUT2D eigenvalue weighted by Gasteiger charge is -2.37. The second kappa shape index (κ2) is 8.06. The fourth-order valence-electron chi connectivity index (χ4n) is 3.51. The lowest BCUT2D eigenvalue weighted by molar-refractivity contribution is -0.130. The van der Waals surface area contributed by atoms with Crippen molar-refractivity contribution < 1.29 is 9.53 Å². The first-order valence-corrected chi connectivity index (χ1v) is 9.77. The summed E-state index contributed by atoms with van der Waals surface area (Å²) in [5, 5.41) is 0. The van der Waals surface area contributed by atoms with Crippen LogP contribution in [0.1, 0.15) is 25.7 Å². The van der Waals surface area contributed by atoms with Gasteiger partial charge in [-0.15, -0.1) is 11.8 Å². The minimum atomic E-state index is 0.349. The molecule has 5 heteroatoms. The number of likely N-dealkylation sites (tertiary alicyclic amines) is 2. The van der Waals surface area contributed by atoms with Gasteiger partial charge in [0.1, 0.15) is 12.4 Å². The minimum absolute atomic E-state index is 0.349. The highest BCUT2D eigenvalue weighted by molar-refractivity contribution is 7.98. The SMILES string of the molecule is CSc1ccc(OCCN2CCC[C@@H](N3CCCC3=O)C2)cc1. The number of hydrogen-bond acceptors (Lipinski definition) is 4. The van der Waals surface area contributed by atoms with Crippen LogP contribution in [0.25, 0.3) is 0 Å². The topological polar surface area (TPSA) is 32.8 Å². The summed E-state index contributed by atoms with van der Waals surface area (Å²) < 4.78 is 5.86. The van der Waals surface area contributed by atoms with Crippen molar-refractivity contribution in [3.8, 4) is 5.75 Å². The van der Waals surface area contributed by atoms with Gasteiger partial charge >= 0.3 is 0 Å². The molecule has 1 atom stereocenters. The summed E-state index contributed by atoms with van der Waals surface area (Å²) in [5.41, 5.74) is 0. The Morgan fingerprint density at radius 3 is 2.74 bits per heavy atom. The van der Waals surface area contributed by atoms with Crippen molar-refractivity contribution in [1.29, 1.82) is 0 Å². The van der Waals surface area contributed by atoms with Crippen LogP contribution < -0.4 is 4.74 Å². The molecule has 2 heterocycles. The summed E-state index contributed by atoms with van der Waals surface area (Å²) in [6, 6.07) is 8.67. The van der Waals surface area contributed by atoms with Crippen LogP contribution >= 0.6 is 11.8 Å². The van der Waals surface area contributed by atoms with E-state index in [4.69, 9.17) is 4.74 Å². The van der Waals surface area contributed by atoms with Gasteiger partial charge in [-0.1, -0.05) is 0 Å². The Morgan fingerprint density at radius 2 is 2.04 bits per heavy atom. The molecular formula is C18H26N2O2S. The van der Waals surface area contributed by atoms with Crippen LogP contribution in [0.3, 0.4) is 0 Å². The van der Waals surface area contributed by atoms with E-state index in [0.717, 1.165) is 51.2 Å². The fourth-order valence-corrected chi connectivity index (χ4v) is 3.92. The second-order valence-electron chi connectivity index (χ2n) is 6.31. The van der Waals surface area contributed by atoms with E-state index >= 15 is 0 Å². The zero-order chi connectivity index (χ0) is 16.1.